The molecule has 0 radical (unpaired) electrons. The van der Waals surface area contributed by atoms with Crippen LogP contribution in [0.5, 0.6) is 0 Å². The van der Waals surface area contributed by atoms with Crippen LogP contribution in [-0.2, 0) is 9.59 Å². The lowest BCUT2D eigenvalue weighted by Crippen LogP contribution is -2.59. The highest BCUT2D eigenvalue weighted by Crippen LogP contribution is 2.56. The Morgan fingerprint density at radius 3 is 2.35 bits per heavy atom. The molecule has 4 atom stereocenters. The Morgan fingerprint density at radius 1 is 1.13 bits per heavy atom. The lowest BCUT2D eigenvalue weighted by molar-refractivity contribution is -0.133. The van der Waals surface area contributed by atoms with Gasteiger partial charge < -0.3 is 20.6 Å². The lowest BCUT2D eigenvalue weighted by Gasteiger charge is -2.32. The molecule has 1 saturated heterocycles. The maximum absolute atomic E-state index is 13.5. The molecule has 170 valence electrons. The second-order valence-electron chi connectivity index (χ2n) is 9.55. The molecule has 0 aliphatic carbocycles. The third kappa shape index (κ3) is 4.32. The van der Waals surface area contributed by atoms with E-state index in [1.54, 1.807) is 22.7 Å². The van der Waals surface area contributed by atoms with Crippen molar-refractivity contribution in [3.05, 3.63) is 35.4 Å². The summed E-state index contributed by atoms with van der Waals surface area (Å²) in [5.74, 6) is -0.907. The number of nitrogens with one attached hydrogen (secondary N) is 2. The number of nitrogens with zero attached hydrogens (tertiary/aromatic N) is 1. The SMILES string of the molecule is CC(C)C(CO)NC(=O)C(NC(=O)C1N2C(=O)c3ccccc3C2SC1(C)C)C(C)C. The molecular formula is C23H33N3O4S. The van der Waals surface area contributed by atoms with E-state index in [1.165, 1.54) is 0 Å². The predicted molar refractivity (Wildman–Crippen MR) is 121 cm³/mol. The molecule has 3 N–H and O–H groups in total. The minimum Gasteiger partial charge on any atom is -0.394 e. The zero-order chi connectivity index (χ0) is 23.1. The number of amides is 3. The summed E-state index contributed by atoms with van der Waals surface area (Å²) in [7, 11) is 0. The summed E-state index contributed by atoms with van der Waals surface area (Å²) >= 11 is 1.59. The predicted octanol–water partition coefficient (Wildman–Crippen LogP) is 2.31. The third-order valence-electron chi connectivity index (χ3n) is 6.12. The topological polar surface area (TPSA) is 98.7 Å². The Hall–Kier alpha value is -2.06. The second kappa shape index (κ2) is 8.82. The Bertz CT molecular complexity index is 870. The highest BCUT2D eigenvalue weighted by Gasteiger charge is 2.57. The first kappa shape index (κ1) is 23.6. The van der Waals surface area contributed by atoms with Crippen LogP contribution in [-0.4, -0.2) is 57.2 Å². The number of aliphatic hydroxyl groups excluding tert-OH is 1. The van der Waals surface area contributed by atoms with Gasteiger partial charge in [0, 0.05) is 10.3 Å². The van der Waals surface area contributed by atoms with E-state index in [2.05, 4.69) is 10.6 Å². The van der Waals surface area contributed by atoms with E-state index in [9.17, 15) is 19.5 Å². The summed E-state index contributed by atoms with van der Waals surface area (Å²) in [5.41, 5.74) is 1.57. The van der Waals surface area contributed by atoms with Crippen LogP contribution in [0.1, 0.15) is 62.8 Å². The smallest absolute Gasteiger partial charge is 0.256 e. The van der Waals surface area contributed by atoms with Crippen molar-refractivity contribution in [2.45, 2.75) is 69.8 Å². The van der Waals surface area contributed by atoms with E-state index in [0.29, 0.717) is 5.56 Å². The van der Waals surface area contributed by atoms with Crippen LogP contribution in [0.3, 0.4) is 0 Å². The largest absolute Gasteiger partial charge is 0.394 e. The molecule has 31 heavy (non-hydrogen) atoms. The number of carbonyl (C=O) groups is 3. The lowest BCUT2D eigenvalue weighted by atomic mass is 9.97. The van der Waals surface area contributed by atoms with Gasteiger partial charge in [-0.05, 0) is 37.3 Å². The van der Waals surface area contributed by atoms with E-state index >= 15 is 0 Å². The Kier molecular flexibility index (Phi) is 6.72. The molecule has 0 spiro atoms. The van der Waals surface area contributed by atoms with Crippen LogP contribution < -0.4 is 10.6 Å². The van der Waals surface area contributed by atoms with Gasteiger partial charge in [-0.2, -0.15) is 0 Å². The quantitative estimate of drug-likeness (QED) is 0.596. The summed E-state index contributed by atoms with van der Waals surface area (Å²) in [4.78, 5) is 41.2. The van der Waals surface area contributed by atoms with Crippen molar-refractivity contribution in [3.8, 4) is 0 Å². The maximum Gasteiger partial charge on any atom is 0.256 e. The molecule has 0 saturated carbocycles. The minimum absolute atomic E-state index is 0.0594. The van der Waals surface area contributed by atoms with Gasteiger partial charge in [-0.25, -0.2) is 0 Å². The number of fused-ring (bicyclic) bond motifs is 3. The van der Waals surface area contributed by atoms with Crippen molar-refractivity contribution in [1.82, 2.24) is 15.5 Å². The van der Waals surface area contributed by atoms with E-state index in [4.69, 9.17) is 0 Å². The average Bonchev–Trinajstić information content (AvgIpc) is 3.13. The highest BCUT2D eigenvalue weighted by atomic mass is 32.2. The van der Waals surface area contributed by atoms with Crippen molar-refractivity contribution in [2.24, 2.45) is 11.8 Å². The van der Waals surface area contributed by atoms with E-state index in [0.717, 1.165) is 5.56 Å². The van der Waals surface area contributed by atoms with Crippen molar-refractivity contribution < 1.29 is 19.5 Å². The van der Waals surface area contributed by atoms with E-state index in [1.807, 2.05) is 59.7 Å². The van der Waals surface area contributed by atoms with Gasteiger partial charge in [0.15, 0.2) is 0 Å². The molecule has 3 amide bonds. The zero-order valence-electron chi connectivity index (χ0n) is 19.0. The van der Waals surface area contributed by atoms with E-state index in [-0.39, 0.29) is 47.6 Å². The molecule has 4 unspecified atom stereocenters. The van der Waals surface area contributed by atoms with Gasteiger partial charge in [-0.15, -0.1) is 11.8 Å². The fourth-order valence-corrected chi connectivity index (χ4v) is 5.86. The number of aliphatic hydroxyl groups is 1. The van der Waals surface area contributed by atoms with Gasteiger partial charge >= 0.3 is 0 Å². The van der Waals surface area contributed by atoms with Gasteiger partial charge in [-0.1, -0.05) is 45.9 Å². The van der Waals surface area contributed by atoms with Gasteiger partial charge in [0.25, 0.3) is 5.91 Å². The van der Waals surface area contributed by atoms with Crippen molar-refractivity contribution in [3.63, 3.8) is 0 Å². The molecule has 1 aromatic rings. The van der Waals surface area contributed by atoms with Crippen LogP contribution in [0, 0.1) is 11.8 Å². The van der Waals surface area contributed by atoms with E-state index < -0.39 is 16.8 Å². The Balaban J connectivity index is 1.82. The summed E-state index contributed by atoms with van der Waals surface area (Å²) in [6.07, 6.45) is 0. The highest BCUT2D eigenvalue weighted by molar-refractivity contribution is 8.01. The minimum atomic E-state index is -0.764. The fraction of sp³-hybridized carbons (Fsp3) is 0.609. The van der Waals surface area contributed by atoms with Crippen molar-refractivity contribution >= 4 is 29.5 Å². The monoisotopic (exact) mass is 447 g/mol. The number of carbonyl (C=O) groups excluding carboxylic acids is 3. The molecule has 1 aromatic carbocycles. The molecule has 2 aliphatic rings. The normalized spacial score (nSPS) is 23.5. The zero-order valence-corrected chi connectivity index (χ0v) is 19.8. The van der Waals surface area contributed by atoms with Crippen molar-refractivity contribution in [2.75, 3.05) is 6.61 Å². The van der Waals surface area contributed by atoms with Gasteiger partial charge in [0.05, 0.1) is 12.6 Å². The fourth-order valence-electron chi connectivity index (χ4n) is 4.27. The second-order valence-corrected chi connectivity index (χ2v) is 11.3. The molecule has 3 rings (SSSR count). The van der Waals surface area contributed by atoms with Crippen LogP contribution in [0.25, 0.3) is 0 Å². The maximum atomic E-state index is 13.5. The Morgan fingerprint density at radius 2 is 1.77 bits per heavy atom. The number of benzene rings is 1. The molecule has 1 fully saturated rings. The average molecular weight is 448 g/mol. The number of hydrogen-bond acceptors (Lipinski definition) is 5. The molecule has 0 aromatic heterocycles. The molecule has 7 nitrogen and oxygen atoms in total. The standard InChI is InChI=1S/C23H33N3O4S/c1-12(2)16(11-27)24-19(28)17(13(3)4)25-20(29)18-23(5,6)31-22-15-10-8-7-9-14(15)21(30)26(18)22/h7-10,12-13,16-18,22,27H,11H2,1-6H3,(H,24,28)(H,25,29). The molecule has 2 heterocycles. The number of thioether (sulfide) groups is 1. The molecule has 0 bridgehead atoms. The van der Waals surface area contributed by atoms with Crippen LogP contribution >= 0.6 is 11.8 Å². The summed E-state index contributed by atoms with van der Waals surface area (Å²) in [5, 5.41) is 15.1. The van der Waals surface area contributed by atoms with Crippen LogP contribution in [0.4, 0.5) is 0 Å². The number of rotatable bonds is 7. The molecule has 8 heteroatoms. The molecule has 2 aliphatic heterocycles. The van der Waals surface area contributed by atoms with Gasteiger partial charge in [0.2, 0.25) is 11.8 Å². The first-order valence-corrected chi connectivity index (χ1v) is 11.7. The van der Waals surface area contributed by atoms with Crippen LogP contribution in [0.2, 0.25) is 0 Å². The first-order chi connectivity index (χ1) is 14.5. The van der Waals surface area contributed by atoms with Crippen molar-refractivity contribution in [1.29, 1.82) is 0 Å². The summed E-state index contributed by atoms with van der Waals surface area (Å²) in [6.45, 7) is 11.3. The Labute approximate surface area is 188 Å². The summed E-state index contributed by atoms with van der Waals surface area (Å²) < 4.78 is -0.512. The van der Waals surface area contributed by atoms with Gasteiger partial charge in [-0.3, -0.25) is 14.4 Å². The van der Waals surface area contributed by atoms with Gasteiger partial charge in [0.1, 0.15) is 17.5 Å². The summed E-state index contributed by atoms with van der Waals surface area (Å²) in [6, 6.07) is 5.62. The third-order valence-corrected chi connectivity index (χ3v) is 7.66. The first-order valence-electron chi connectivity index (χ1n) is 10.8. The number of hydrogen-bond donors (Lipinski definition) is 3. The molecular weight excluding hydrogens is 414 g/mol. The van der Waals surface area contributed by atoms with Crippen LogP contribution in [0.15, 0.2) is 24.3 Å².